The molecule has 23 heavy (non-hydrogen) atoms. The highest BCUT2D eigenvalue weighted by molar-refractivity contribution is 6.26. The predicted octanol–water partition coefficient (Wildman–Crippen LogP) is 2.11. The number of nitro benzene ring substituents is 1. The van der Waals surface area contributed by atoms with Crippen LogP contribution in [0.2, 0.25) is 0 Å². The van der Waals surface area contributed by atoms with E-state index in [-0.39, 0.29) is 28.8 Å². The number of benzene rings is 2. The molecular weight excluding hydrogens is 300 g/mol. The summed E-state index contributed by atoms with van der Waals surface area (Å²) >= 11 is 0. The predicted molar refractivity (Wildman–Crippen MR) is 82.3 cm³/mol. The molecule has 118 valence electrons. The summed E-state index contributed by atoms with van der Waals surface area (Å²) in [5.74, 6) is -1.12. The number of amides is 2. The van der Waals surface area contributed by atoms with Gasteiger partial charge >= 0.3 is 0 Å². The number of imide groups is 1. The van der Waals surface area contributed by atoms with Crippen LogP contribution in [-0.2, 0) is 0 Å². The zero-order valence-corrected chi connectivity index (χ0v) is 12.6. The van der Waals surface area contributed by atoms with E-state index in [2.05, 4.69) is 0 Å². The van der Waals surface area contributed by atoms with E-state index in [9.17, 15) is 24.8 Å². The molecule has 0 saturated heterocycles. The second-order valence-corrected chi connectivity index (χ2v) is 6.03. The fourth-order valence-corrected chi connectivity index (χ4v) is 2.86. The number of nitro groups is 1. The fourth-order valence-electron chi connectivity index (χ4n) is 2.86. The summed E-state index contributed by atoms with van der Waals surface area (Å²) in [5.41, 5.74) is -0.777. The van der Waals surface area contributed by atoms with Gasteiger partial charge in [0.1, 0.15) is 0 Å². The largest absolute Gasteiger partial charge is 0.394 e. The molecular formula is C16H14N2O5. The first-order valence-electron chi connectivity index (χ1n) is 6.99. The monoisotopic (exact) mass is 314 g/mol. The molecule has 2 aromatic rings. The van der Waals surface area contributed by atoms with E-state index in [4.69, 9.17) is 0 Å². The molecule has 1 heterocycles. The minimum Gasteiger partial charge on any atom is -0.394 e. The van der Waals surface area contributed by atoms with E-state index >= 15 is 0 Å². The minimum atomic E-state index is -1.07. The van der Waals surface area contributed by atoms with Gasteiger partial charge in [0.2, 0.25) is 0 Å². The van der Waals surface area contributed by atoms with Gasteiger partial charge in [-0.05, 0) is 32.0 Å². The Labute approximate surface area is 131 Å². The van der Waals surface area contributed by atoms with E-state index in [1.807, 2.05) is 0 Å². The third kappa shape index (κ3) is 2.01. The van der Waals surface area contributed by atoms with Crippen LogP contribution in [0.1, 0.15) is 34.6 Å². The van der Waals surface area contributed by atoms with Crippen LogP contribution in [0.15, 0.2) is 30.3 Å². The van der Waals surface area contributed by atoms with Crippen molar-refractivity contribution in [2.75, 3.05) is 6.61 Å². The lowest BCUT2D eigenvalue weighted by Gasteiger charge is -2.38. The lowest BCUT2D eigenvalue weighted by atomic mass is 9.90. The van der Waals surface area contributed by atoms with Crippen molar-refractivity contribution in [2.24, 2.45) is 0 Å². The van der Waals surface area contributed by atoms with Crippen molar-refractivity contribution in [3.8, 4) is 0 Å². The molecule has 1 aliphatic rings. The second-order valence-electron chi connectivity index (χ2n) is 6.03. The van der Waals surface area contributed by atoms with Crippen molar-refractivity contribution in [2.45, 2.75) is 19.4 Å². The van der Waals surface area contributed by atoms with Gasteiger partial charge < -0.3 is 5.11 Å². The number of non-ortho nitro benzene ring substituents is 1. The lowest BCUT2D eigenvalue weighted by Crippen LogP contribution is -2.54. The highest BCUT2D eigenvalue weighted by Crippen LogP contribution is 2.37. The molecule has 0 unspecified atom stereocenters. The Morgan fingerprint density at radius 1 is 1.13 bits per heavy atom. The summed E-state index contributed by atoms with van der Waals surface area (Å²) in [6.45, 7) is 2.78. The molecule has 3 rings (SSSR count). The Kier molecular flexibility index (Phi) is 3.19. The summed E-state index contributed by atoms with van der Waals surface area (Å²) in [6, 6.07) is 7.23. The van der Waals surface area contributed by atoms with Crippen LogP contribution in [0.25, 0.3) is 10.8 Å². The van der Waals surface area contributed by atoms with Gasteiger partial charge in [0.25, 0.3) is 17.5 Å². The number of rotatable bonds is 3. The van der Waals surface area contributed by atoms with Gasteiger partial charge in [-0.15, -0.1) is 0 Å². The van der Waals surface area contributed by atoms with Crippen LogP contribution in [0.3, 0.4) is 0 Å². The number of aliphatic hydroxyl groups is 1. The molecule has 0 spiro atoms. The van der Waals surface area contributed by atoms with E-state index < -0.39 is 22.3 Å². The van der Waals surface area contributed by atoms with Gasteiger partial charge in [-0.3, -0.25) is 24.6 Å². The van der Waals surface area contributed by atoms with Crippen LogP contribution < -0.4 is 0 Å². The first kappa shape index (κ1) is 15.1. The Hall–Kier alpha value is -2.80. The van der Waals surface area contributed by atoms with Gasteiger partial charge in [-0.1, -0.05) is 6.07 Å². The number of hydrogen-bond donors (Lipinski definition) is 1. The summed E-state index contributed by atoms with van der Waals surface area (Å²) < 4.78 is 0. The zero-order chi connectivity index (χ0) is 16.9. The molecule has 0 radical (unpaired) electrons. The van der Waals surface area contributed by atoms with Gasteiger partial charge in [0, 0.05) is 22.6 Å². The van der Waals surface area contributed by atoms with E-state index in [0.717, 1.165) is 4.90 Å². The molecule has 2 amide bonds. The van der Waals surface area contributed by atoms with E-state index in [1.54, 1.807) is 19.9 Å². The fraction of sp³-hybridized carbons (Fsp3) is 0.250. The molecule has 7 heteroatoms. The minimum absolute atomic E-state index is 0.152. The van der Waals surface area contributed by atoms with Crippen molar-refractivity contribution in [3.63, 3.8) is 0 Å². The van der Waals surface area contributed by atoms with Gasteiger partial charge in [-0.25, -0.2) is 0 Å². The van der Waals surface area contributed by atoms with Gasteiger partial charge in [-0.2, -0.15) is 0 Å². The second kappa shape index (κ2) is 4.85. The standard InChI is InChI=1S/C16H14N2O5/c1-16(2,8-19)17-14(20)10-5-3-4-9-12(18(22)23)7-6-11(13(9)10)15(17)21/h3-7,19H,8H2,1-2H3. The normalized spacial score (nSPS) is 14.5. The van der Waals surface area contributed by atoms with E-state index in [0.29, 0.717) is 5.39 Å². The van der Waals surface area contributed by atoms with Gasteiger partial charge in [0.05, 0.1) is 22.5 Å². The molecule has 0 fully saturated rings. The topological polar surface area (TPSA) is 101 Å². The van der Waals surface area contributed by atoms with Crippen molar-refractivity contribution in [3.05, 3.63) is 51.6 Å². The van der Waals surface area contributed by atoms with E-state index in [1.165, 1.54) is 24.3 Å². The van der Waals surface area contributed by atoms with Crippen LogP contribution in [0.5, 0.6) is 0 Å². The first-order chi connectivity index (χ1) is 10.8. The molecule has 0 aliphatic carbocycles. The van der Waals surface area contributed by atoms with Crippen LogP contribution in [-0.4, -0.2) is 38.9 Å². The SMILES string of the molecule is CC(C)(CO)N1C(=O)c2cccc3c([N+](=O)[O-])ccc(c23)C1=O. The molecule has 0 atom stereocenters. The van der Waals surface area contributed by atoms with Crippen LogP contribution in [0.4, 0.5) is 5.69 Å². The molecule has 7 nitrogen and oxygen atoms in total. The maximum atomic E-state index is 12.7. The highest BCUT2D eigenvalue weighted by atomic mass is 16.6. The molecule has 2 aromatic carbocycles. The number of nitrogens with zero attached hydrogens (tertiary/aromatic N) is 2. The average molecular weight is 314 g/mol. The summed E-state index contributed by atoms with van der Waals surface area (Å²) in [6.07, 6.45) is 0. The quantitative estimate of drug-likeness (QED) is 0.531. The molecule has 0 bridgehead atoms. The Morgan fingerprint density at radius 3 is 2.30 bits per heavy atom. The highest BCUT2D eigenvalue weighted by Gasteiger charge is 2.42. The zero-order valence-electron chi connectivity index (χ0n) is 12.6. The number of carbonyl (C=O) groups is 2. The number of carbonyl (C=O) groups excluding carboxylic acids is 2. The molecule has 1 aliphatic heterocycles. The Bertz CT molecular complexity index is 850. The first-order valence-corrected chi connectivity index (χ1v) is 6.99. The lowest BCUT2D eigenvalue weighted by molar-refractivity contribution is -0.383. The smallest absolute Gasteiger partial charge is 0.277 e. The summed E-state index contributed by atoms with van der Waals surface area (Å²) in [7, 11) is 0. The van der Waals surface area contributed by atoms with Crippen molar-refractivity contribution in [1.29, 1.82) is 0 Å². The Balaban J connectivity index is 2.36. The molecule has 0 aromatic heterocycles. The molecule has 1 N–H and O–H groups in total. The molecule has 0 saturated carbocycles. The van der Waals surface area contributed by atoms with Crippen LogP contribution in [0, 0.1) is 10.1 Å². The van der Waals surface area contributed by atoms with Gasteiger partial charge in [0.15, 0.2) is 0 Å². The number of hydrogen-bond acceptors (Lipinski definition) is 5. The maximum absolute atomic E-state index is 12.7. The summed E-state index contributed by atoms with van der Waals surface area (Å²) in [4.78, 5) is 37.1. The average Bonchev–Trinajstić information content (AvgIpc) is 2.51. The van der Waals surface area contributed by atoms with Crippen molar-refractivity contribution >= 4 is 28.3 Å². The third-order valence-corrected chi connectivity index (χ3v) is 4.07. The van der Waals surface area contributed by atoms with Crippen molar-refractivity contribution in [1.82, 2.24) is 4.90 Å². The van der Waals surface area contributed by atoms with Crippen molar-refractivity contribution < 1.29 is 19.6 Å². The summed E-state index contributed by atoms with van der Waals surface area (Å²) in [5, 5.41) is 21.2. The Morgan fingerprint density at radius 2 is 1.74 bits per heavy atom. The van der Waals surface area contributed by atoms with Crippen LogP contribution >= 0.6 is 0 Å². The number of aliphatic hydroxyl groups excluding tert-OH is 1. The third-order valence-electron chi connectivity index (χ3n) is 4.07. The maximum Gasteiger partial charge on any atom is 0.277 e.